The van der Waals surface area contributed by atoms with Crippen molar-refractivity contribution in [2.45, 2.75) is 86.9 Å². The summed E-state index contributed by atoms with van der Waals surface area (Å²) in [6.45, 7) is 15.7. The van der Waals surface area contributed by atoms with Crippen LogP contribution in [-0.2, 0) is 19.0 Å². The highest BCUT2D eigenvalue weighted by Gasteiger charge is 2.49. The largest absolute Gasteiger partial charge is 0.463 e. The normalized spacial score (nSPS) is 20.5. The number of ether oxygens (including phenoxy) is 3. The quantitative estimate of drug-likeness (QED) is 0.486. The predicted molar refractivity (Wildman–Crippen MR) is 105 cm³/mol. The lowest BCUT2D eigenvalue weighted by molar-refractivity contribution is -0.166. The highest BCUT2D eigenvalue weighted by molar-refractivity contribution is 5.77. The molecule has 1 aliphatic heterocycles. The van der Waals surface area contributed by atoms with Crippen molar-refractivity contribution >= 4 is 12.1 Å². The first-order valence-corrected chi connectivity index (χ1v) is 10.1. The SMILES string of the molecule is CCC(C)(C)C(C)(CC(C)(C)C)C(=O)OCCNC(=O)OC1CCCCO1. The first kappa shape index (κ1) is 23.7. The second kappa shape index (κ2) is 9.76. The van der Waals surface area contributed by atoms with Crippen molar-refractivity contribution in [2.24, 2.45) is 16.2 Å². The lowest BCUT2D eigenvalue weighted by atomic mass is 9.59. The molecule has 2 atom stereocenters. The number of esters is 1. The molecule has 1 rings (SSSR count). The lowest BCUT2D eigenvalue weighted by Crippen LogP contribution is -2.46. The van der Waals surface area contributed by atoms with Crippen molar-refractivity contribution in [1.82, 2.24) is 5.32 Å². The number of amides is 1. The second-order valence-corrected chi connectivity index (χ2v) is 9.57. The van der Waals surface area contributed by atoms with Crippen LogP contribution < -0.4 is 5.32 Å². The molecule has 1 fully saturated rings. The summed E-state index contributed by atoms with van der Waals surface area (Å²) in [4.78, 5) is 24.7. The van der Waals surface area contributed by atoms with E-state index in [4.69, 9.17) is 14.2 Å². The Hall–Kier alpha value is -1.30. The molecule has 0 spiro atoms. The lowest BCUT2D eigenvalue weighted by Gasteiger charge is -2.45. The van der Waals surface area contributed by atoms with E-state index in [1.54, 1.807) is 0 Å². The maximum absolute atomic E-state index is 12.9. The Labute approximate surface area is 164 Å². The van der Waals surface area contributed by atoms with E-state index < -0.39 is 17.8 Å². The van der Waals surface area contributed by atoms with Crippen LogP contribution in [0.15, 0.2) is 0 Å². The minimum Gasteiger partial charge on any atom is -0.463 e. The van der Waals surface area contributed by atoms with E-state index in [1.165, 1.54) is 0 Å². The Morgan fingerprint density at radius 2 is 1.78 bits per heavy atom. The van der Waals surface area contributed by atoms with Crippen LogP contribution in [0.25, 0.3) is 0 Å². The molecule has 0 aromatic carbocycles. The van der Waals surface area contributed by atoms with E-state index in [-0.39, 0.29) is 30.0 Å². The van der Waals surface area contributed by atoms with Gasteiger partial charge in [-0.1, -0.05) is 41.5 Å². The molecule has 1 amide bonds. The minimum absolute atomic E-state index is 0.00224. The first-order valence-electron chi connectivity index (χ1n) is 10.1. The van der Waals surface area contributed by atoms with Gasteiger partial charge in [-0.2, -0.15) is 0 Å². The predicted octanol–water partition coefficient (Wildman–Crippen LogP) is 4.66. The zero-order valence-corrected chi connectivity index (χ0v) is 18.3. The molecule has 0 aliphatic carbocycles. The van der Waals surface area contributed by atoms with Gasteiger partial charge in [-0.05, 0) is 43.4 Å². The number of hydrogen-bond donors (Lipinski definition) is 1. The van der Waals surface area contributed by atoms with Gasteiger partial charge < -0.3 is 19.5 Å². The molecule has 27 heavy (non-hydrogen) atoms. The van der Waals surface area contributed by atoms with Gasteiger partial charge in [-0.25, -0.2) is 4.79 Å². The molecule has 0 bridgehead atoms. The molecule has 1 aliphatic rings. The Bertz CT molecular complexity index is 491. The van der Waals surface area contributed by atoms with E-state index >= 15 is 0 Å². The summed E-state index contributed by atoms with van der Waals surface area (Å²) in [5.41, 5.74) is -0.791. The van der Waals surface area contributed by atoms with E-state index in [2.05, 4.69) is 46.9 Å². The molecule has 0 saturated carbocycles. The third-order valence-corrected chi connectivity index (χ3v) is 5.69. The number of alkyl carbamates (subject to hydrolysis) is 1. The monoisotopic (exact) mass is 385 g/mol. The van der Waals surface area contributed by atoms with Gasteiger partial charge in [0.25, 0.3) is 0 Å². The number of nitrogens with one attached hydrogen (secondary N) is 1. The van der Waals surface area contributed by atoms with E-state index in [1.807, 2.05) is 6.92 Å². The molecule has 0 radical (unpaired) electrons. The fraction of sp³-hybridized carbons (Fsp3) is 0.905. The number of rotatable bonds is 8. The van der Waals surface area contributed by atoms with Crippen molar-refractivity contribution in [3.63, 3.8) is 0 Å². The molecule has 1 saturated heterocycles. The average molecular weight is 386 g/mol. The Kier molecular flexibility index (Phi) is 8.58. The standard InChI is InChI=1S/C21H39NO5/c1-8-20(5,6)21(7,15-19(2,3)4)17(23)26-14-12-22-18(24)27-16-11-9-10-13-25-16/h16H,8-15H2,1-7H3,(H,22,24). The minimum atomic E-state index is -0.601. The van der Waals surface area contributed by atoms with Gasteiger partial charge in [0.15, 0.2) is 0 Å². The summed E-state index contributed by atoms with van der Waals surface area (Å²) in [5, 5.41) is 2.62. The van der Waals surface area contributed by atoms with Gasteiger partial charge in [0.1, 0.15) is 6.61 Å². The summed E-state index contributed by atoms with van der Waals surface area (Å²) in [6.07, 6.45) is 3.31. The third kappa shape index (κ3) is 7.32. The highest BCUT2D eigenvalue weighted by atomic mass is 16.7. The third-order valence-electron chi connectivity index (χ3n) is 5.69. The summed E-state index contributed by atoms with van der Waals surface area (Å²) in [7, 11) is 0. The van der Waals surface area contributed by atoms with Crippen molar-refractivity contribution < 1.29 is 23.8 Å². The zero-order chi connectivity index (χ0) is 20.7. The van der Waals surface area contributed by atoms with Crippen molar-refractivity contribution in [2.75, 3.05) is 19.8 Å². The average Bonchev–Trinajstić information content (AvgIpc) is 2.57. The van der Waals surface area contributed by atoms with Gasteiger partial charge in [0.2, 0.25) is 6.29 Å². The number of carbonyl (C=O) groups is 2. The summed E-state index contributed by atoms with van der Waals surface area (Å²) < 4.78 is 16.1. The highest BCUT2D eigenvalue weighted by Crippen LogP contribution is 2.49. The molecular formula is C21H39NO5. The molecule has 6 heteroatoms. The van der Waals surface area contributed by atoms with Crippen molar-refractivity contribution in [3.8, 4) is 0 Å². The number of carbonyl (C=O) groups excluding carboxylic acids is 2. The molecule has 158 valence electrons. The Morgan fingerprint density at radius 3 is 2.30 bits per heavy atom. The summed E-state index contributed by atoms with van der Waals surface area (Å²) in [6, 6.07) is 0. The van der Waals surface area contributed by atoms with Crippen LogP contribution in [0.3, 0.4) is 0 Å². The summed E-state index contributed by atoms with van der Waals surface area (Å²) in [5.74, 6) is -0.213. The number of hydrogen-bond acceptors (Lipinski definition) is 5. The van der Waals surface area contributed by atoms with E-state index in [9.17, 15) is 9.59 Å². The Morgan fingerprint density at radius 1 is 1.11 bits per heavy atom. The maximum Gasteiger partial charge on any atom is 0.409 e. The van der Waals surface area contributed by atoms with Crippen LogP contribution in [0.1, 0.15) is 80.6 Å². The van der Waals surface area contributed by atoms with Crippen LogP contribution in [0, 0.1) is 16.2 Å². The van der Waals surface area contributed by atoms with Gasteiger partial charge in [-0.3, -0.25) is 4.79 Å². The molecule has 6 nitrogen and oxygen atoms in total. The van der Waals surface area contributed by atoms with Gasteiger partial charge in [-0.15, -0.1) is 0 Å². The smallest absolute Gasteiger partial charge is 0.409 e. The zero-order valence-electron chi connectivity index (χ0n) is 18.3. The first-order chi connectivity index (χ1) is 12.4. The van der Waals surface area contributed by atoms with Crippen LogP contribution in [0.4, 0.5) is 4.79 Å². The molecule has 1 heterocycles. The maximum atomic E-state index is 12.9. The molecular weight excluding hydrogens is 346 g/mol. The molecule has 2 unspecified atom stereocenters. The molecule has 0 aromatic rings. The van der Waals surface area contributed by atoms with E-state index in [0.29, 0.717) is 6.61 Å². The van der Waals surface area contributed by atoms with Crippen LogP contribution in [0.5, 0.6) is 0 Å². The fourth-order valence-electron chi connectivity index (χ4n) is 3.46. The van der Waals surface area contributed by atoms with Crippen molar-refractivity contribution in [1.29, 1.82) is 0 Å². The Balaban J connectivity index is 2.50. The van der Waals surface area contributed by atoms with Gasteiger partial charge in [0, 0.05) is 6.42 Å². The van der Waals surface area contributed by atoms with Crippen LogP contribution in [-0.4, -0.2) is 38.1 Å². The molecule has 1 N–H and O–H groups in total. The summed E-state index contributed by atoms with van der Waals surface area (Å²) >= 11 is 0. The topological polar surface area (TPSA) is 73.9 Å². The van der Waals surface area contributed by atoms with E-state index in [0.717, 1.165) is 32.1 Å². The van der Waals surface area contributed by atoms with Crippen molar-refractivity contribution in [3.05, 3.63) is 0 Å². The van der Waals surface area contributed by atoms with Crippen LogP contribution >= 0.6 is 0 Å². The molecule has 0 aromatic heterocycles. The van der Waals surface area contributed by atoms with Gasteiger partial charge in [0.05, 0.1) is 18.6 Å². The van der Waals surface area contributed by atoms with Crippen LogP contribution in [0.2, 0.25) is 0 Å². The van der Waals surface area contributed by atoms with Gasteiger partial charge >= 0.3 is 12.1 Å². The fourth-order valence-corrected chi connectivity index (χ4v) is 3.46. The second-order valence-electron chi connectivity index (χ2n) is 9.57.